The first kappa shape index (κ1) is 15.0. The molecule has 1 aliphatic carbocycles. The van der Waals surface area contributed by atoms with Gasteiger partial charge in [0.25, 0.3) is 0 Å². The molecular formula is C13H23NO4. The molecule has 0 heterocycles. The average Bonchev–Trinajstić information content (AvgIpc) is 2.26. The second kappa shape index (κ2) is 8.08. The summed E-state index contributed by atoms with van der Waals surface area (Å²) in [4.78, 5) is 22.6. The lowest BCUT2D eigenvalue weighted by atomic mass is 9.80. The van der Waals surface area contributed by atoms with E-state index in [2.05, 4.69) is 5.32 Å². The largest absolute Gasteiger partial charge is 0.466 e. The van der Waals surface area contributed by atoms with Crippen LogP contribution in [-0.2, 0) is 19.1 Å². The molecule has 1 saturated carbocycles. The second-order valence-corrected chi connectivity index (χ2v) is 4.52. The zero-order valence-corrected chi connectivity index (χ0v) is 11.2. The molecule has 0 aromatic heterocycles. The number of ether oxygens (including phenoxy) is 2. The van der Waals surface area contributed by atoms with Crippen molar-refractivity contribution in [3.63, 3.8) is 0 Å². The summed E-state index contributed by atoms with van der Waals surface area (Å²) in [6.45, 7) is 5.23. The van der Waals surface area contributed by atoms with Crippen molar-refractivity contribution < 1.29 is 19.1 Å². The molecular weight excluding hydrogens is 234 g/mol. The zero-order chi connectivity index (χ0) is 13.4. The van der Waals surface area contributed by atoms with E-state index in [0.717, 1.165) is 19.4 Å². The highest BCUT2D eigenvalue weighted by Gasteiger charge is 2.30. The molecule has 0 radical (unpaired) electrons. The van der Waals surface area contributed by atoms with E-state index in [1.165, 1.54) is 0 Å². The lowest BCUT2D eigenvalue weighted by Crippen LogP contribution is -2.36. The van der Waals surface area contributed by atoms with E-state index in [1.807, 2.05) is 6.92 Å². The Hall–Kier alpha value is -1.10. The Labute approximate surface area is 108 Å². The van der Waals surface area contributed by atoms with Gasteiger partial charge in [0.05, 0.1) is 19.1 Å². The Bertz CT molecular complexity index is 274. The molecule has 1 N–H and O–H groups in total. The van der Waals surface area contributed by atoms with E-state index in [-0.39, 0.29) is 18.3 Å². The van der Waals surface area contributed by atoms with E-state index < -0.39 is 0 Å². The predicted octanol–water partition coefficient (Wildman–Crippen LogP) is 1.26. The fraction of sp³-hybridized carbons (Fsp3) is 0.846. The third-order valence-corrected chi connectivity index (χ3v) is 3.03. The van der Waals surface area contributed by atoms with Gasteiger partial charge in [0, 0.05) is 19.6 Å². The molecule has 5 nitrogen and oxygen atoms in total. The smallest absolute Gasteiger partial charge is 0.307 e. The maximum Gasteiger partial charge on any atom is 0.307 e. The average molecular weight is 257 g/mol. The fourth-order valence-corrected chi connectivity index (χ4v) is 2.08. The molecule has 0 spiro atoms. The van der Waals surface area contributed by atoms with Crippen molar-refractivity contribution in [1.29, 1.82) is 0 Å². The summed E-state index contributed by atoms with van der Waals surface area (Å²) in [7, 11) is 0. The van der Waals surface area contributed by atoms with Crippen molar-refractivity contribution in [2.45, 2.75) is 45.6 Å². The number of hydrogen-bond acceptors (Lipinski definition) is 4. The summed E-state index contributed by atoms with van der Waals surface area (Å²) in [6.07, 6.45) is 3.06. The van der Waals surface area contributed by atoms with Gasteiger partial charge in [-0.25, -0.2) is 0 Å². The Morgan fingerprint density at radius 1 is 1.22 bits per heavy atom. The first-order valence-electron chi connectivity index (χ1n) is 6.69. The lowest BCUT2D eigenvalue weighted by Gasteiger charge is -2.34. The highest BCUT2D eigenvalue weighted by molar-refractivity contribution is 5.77. The molecule has 0 aromatic rings. The fourth-order valence-electron chi connectivity index (χ4n) is 2.08. The maximum absolute atomic E-state index is 11.5. The minimum atomic E-state index is -0.266. The Morgan fingerprint density at radius 3 is 2.56 bits per heavy atom. The molecule has 1 fully saturated rings. The lowest BCUT2D eigenvalue weighted by molar-refractivity contribution is -0.143. The summed E-state index contributed by atoms with van der Waals surface area (Å²) in [5, 5.41) is 2.74. The third kappa shape index (κ3) is 5.49. The number of rotatable bonds is 8. The number of hydrogen-bond donors (Lipinski definition) is 1. The number of nitrogens with one attached hydrogen (secondary N) is 1. The molecule has 18 heavy (non-hydrogen) atoms. The highest BCUT2D eigenvalue weighted by atomic mass is 16.5. The molecule has 0 aliphatic heterocycles. The van der Waals surface area contributed by atoms with E-state index in [9.17, 15) is 9.59 Å². The summed E-state index contributed by atoms with van der Waals surface area (Å²) >= 11 is 0. The maximum atomic E-state index is 11.5. The van der Waals surface area contributed by atoms with Gasteiger partial charge in [-0.2, -0.15) is 0 Å². The van der Waals surface area contributed by atoms with Gasteiger partial charge in [0.2, 0.25) is 5.91 Å². The van der Waals surface area contributed by atoms with E-state index in [4.69, 9.17) is 9.47 Å². The number of amides is 1. The van der Waals surface area contributed by atoms with Crippen molar-refractivity contribution in [1.82, 2.24) is 5.32 Å². The molecule has 5 heteroatoms. The van der Waals surface area contributed by atoms with Gasteiger partial charge in [0.1, 0.15) is 0 Å². The molecule has 0 aromatic carbocycles. The van der Waals surface area contributed by atoms with Gasteiger partial charge >= 0.3 is 5.97 Å². The second-order valence-electron chi connectivity index (χ2n) is 4.52. The van der Waals surface area contributed by atoms with Gasteiger partial charge in [-0.05, 0) is 32.6 Å². The number of esters is 1. The van der Waals surface area contributed by atoms with Crippen LogP contribution in [0.5, 0.6) is 0 Å². The van der Waals surface area contributed by atoms with Crippen molar-refractivity contribution in [2.24, 2.45) is 5.92 Å². The van der Waals surface area contributed by atoms with Crippen molar-refractivity contribution >= 4 is 11.9 Å². The molecule has 1 aliphatic rings. The zero-order valence-electron chi connectivity index (χ0n) is 11.2. The monoisotopic (exact) mass is 257 g/mol. The van der Waals surface area contributed by atoms with Gasteiger partial charge in [-0.1, -0.05) is 0 Å². The van der Waals surface area contributed by atoms with Crippen LogP contribution in [0, 0.1) is 5.92 Å². The van der Waals surface area contributed by atoms with E-state index >= 15 is 0 Å². The minimum Gasteiger partial charge on any atom is -0.466 e. The molecule has 0 atom stereocenters. The van der Waals surface area contributed by atoms with E-state index in [1.54, 1.807) is 6.92 Å². The first-order valence-corrected chi connectivity index (χ1v) is 6.69. The van der Waals surface area contributed by atoms with Crippen LogP contribution in [0.3, 0.4) is 0 Å². The Balaban J connectivity index is 2.00. The number of carbonyl (C=O) groups is 2. The third-order valence-electron chi connectivity index (χ3n) is 3.03. The number of carbonyl (C=O) groups excluding carboxylic acids is 2. The van der Waals surface area contributed by atoms with Crippen LogP contribution in [0.15, 0.2) is 0 Å². The van der Waals surface area contributed by atoms with Gasteiger partial charge < -0.3 is 14.8 Å². The normalized spacial score (nSPS) is 22.1. The Morgan fingerprint density at radius 2 is 1.94 bits per heavy atom. The van der Waals surface area contributed by atoms with Crippen LogP contribution in [0.2, 0.25) is 0 Å². The van der Waals surface area contributed by atoms with Gasteiger partial charge in [-0.15, -0.1) is 0 Å². The van der Waals surface area contributed by atoms with Crippen molar-refractivity contribution in [3.8, 4) is 0 Å². The van der Waals surface area contributed by atoms with Crippen LogP contribution in [0.4, 0.5) is 0 Å². The van der Waals surface area contributed by atoms with Crippen LogP contribution in [0.25, 0.3) is 0 Å². The van der Waals surface area contributed by atoms with Gasteiger partial charge in [0.15, 0.2) is 0 Å². The molecule has 1 amide bonds. The van der Waals surface area contributed by atoms with E-state index in [0.29, 0.717) is 31.6 Å². The molecule has 1 rings (SSSR count). The quantitative estimate of drug-likeness (QED) is 0.665. The topological polar surface area (TPSA) is 64.6 Å². The highest BCUT2D eigenvalue weighted by Crippen LogP contribution is 2.32. The predicted molar refractivity (Wildman–Crippen MR) is 67.0 cm³/mol. The standard InChI is InChI=1S/C13H23NO4/c1-3-17-11-7-10(8-11)9-12(15)14-6-5-13(16)18-4-2/h10-11H,3-9H2,1-2H3,(H,14,15). The summed E-state index contributed by atoms with van der Waals surface area (Å²) < 4.78 is 10.2. The van der Waals surface area contributed by atoms with Crippen molar-refractivity contribution in [3.05, 3.63) is 0 Å². The molecule has 0 saturated heterocycles. The van der Waals surface area contributed by atoms with Crippen LogP contribution >= 0.6 is 0 Å². The molecule has 0 bridgehead atoms. The summed E-state index contributed by atoms with van der Waals surface area (Å²) in [6, 6.07) is 0. The van der Waals surface area contributed by atoms with Crippen LogP contribution < -0.4 is 5.32 Å². The summed E-state index contributed by atoms with van der Waals surface area (Å²) in [5.41, 5.74) is 0. The SMILES string of the molecule is CCOC(=O)CCNC(=O)CC1CC(OCC)C1. The molecule has 104 valence electrons. The molecule has 0 unspecified atom stereocenters. The van der Waals surface area contributed by atoms with Crippen molar-refractivity contribution in [2.75, 3.05) is 19.8 Å². The minimum absolute atomic E-state index is 0.0132. The van der Waals surface area contributed by atoms with Crippen LogP contribution in [-0.4, -0.2) is 37.7 Å². The summed E-state index contributed by atoms with van der Waals surface area (Å²) in [5.74, 6) is 0.182. The first-order chi connectivity index (χ1) is 8.65. The van der Waals surface area contributed by atoms with Crippen LogP contribution in [0.1, 0.15) is 39.5 Å². The van der Waals surface area contributed by atoms with Gasteiger partial charge in [-0.3, -0.25) is 9.59 Å². The Kier molecular flexibility index (Phi) is 6.72.